The molecule has 2 aromatic carbocycles. The van der Waals surface area contributed by atoms with Gasteiger partial charge in [0.05, 0.1) is 5.69 Å². The molecule has 0 saturated carbocycles. The van der Waals surface area contributed by atoms with E-state index in [9.17, 15) is 13.5 Å². The number of ether oxygens (including phenoxy) is 1. The first kappa shape index (κ1) is 19.8. The third kappa shape index (κ3) is 3.86. The highest BCUT2D eigenvalue weighted by atomic mass is 35.5. The van der Waals surface area contributed by atoms with Crippen LogP contribution in [0.15, 0.2) is 48.5 Å². The highest BCUT2D eigenvalue weighted by molar-refractivity contribution is 8.26. The minimum Gasteiger partial charge on any atom is -0.467 e. The second-order valence-electron chi connectivity index (χ2n) is 5.57. The number of para-hydroxylation sites is 3. The van der Waals surface area contributed by atoms with Gasteiger partial charge in [-0.1, -0.05) is 35.0 Å². The predicted octanol–water partition coefficient (Wildman–Crippen LogP) is 4.77. The molecular weight excluding hydrogens is 367 g/mol. The van der Waals surface area contributed by atoms with Gasteiger partial charge in [-0.3, -0.25) is 9.11 Å². The molecule has 2 aromatic rings. The summed E-state index contributed by atoms with van der Waals surface area (Å²) in [5.41, 5.74) is -0.236. The summed E-state index contributed by atoms with van der Waals surface area (Å²) in [5.74, 6) is 0.00425. The standard InChI is InChI=1S/C17H21FN2O3S.ClH/c1-19-12-6-11-17-23-16-10-5-4-9-15(16)20(24(17,21)22)14-8-3-2-7-13(14)18;/h2-5,7-10,17,19,21-22H,6,11-12H2,1H3;1H. The topological polar surface area (TPSA) is 65.0 Å². The first-order chi connectivity index (χ1) is 11.6. The Morgan fingerprint density at radius 3 is 2.44 bits per heavy atom. The number of anilines is 2. The summed E-state index contributed by atoms with van der Waals surface area (Å²) in [7, 11) is -1.56. The van der Waals surface area contributed by atoms with E-state index in [0.717, 1.165) is 6.54 Å². The summed E-state index contributed by atoms with van der Waals surface area (Å²) in [6.45, 7) is 0.733. The van der Waals surface area contributed by atoms with Gasteiger partial charge >= 0.3 is 0 Å². The lowest BCUT2D eigenvalue weighted by molar-refractivity contribution is 0.235. The van der Waals surface area contributed by atoms with Crippen molar-refractivity contribution in [2.24, 2.45) is 0 Å². The van der Waals surface area contributed by atoms with Crippen LogP contribution < -0.4 is 14.4 Å². The van der Waals surface area contributed by atoms with Gasteiger partial charge < -0.3 is 10.1 Å². The van der Waals surface area contributed by atoms with Gasteiger partial charge in [0.15, 0.2) is 0 Å². The lowest BCUT2D eigenvalue weighted by Crippen LogP contribution is -2.39. The quantitative estimate of drug-likeness (QED) is 0.644. The molecule has 25 heavy (non-hydrogen) atoms. The van der Waals surface area contributed by atoms with E-state index < -0.39 is 22.0 Å². The average Bonchev–Trinajstić information content (AvgIpc) is 2.56. The fourth-order valence-electron chi connectivity index (χ4n) is 2.75. The number of halogens is 2. The van der Waals surface area contributed by atoms with Crippen LogP contribution in [-0.2, 0) is 0 Å². The largest absolute Gasteiger partial charge is 0.467 e. The smallest absolute Gasteiger partial charge is 0.206 e. The van der Waals surface area contributed by atoms with Crippen molar-refractivity contribution in [3.05, 3.63) is 54.3 Å². The fourth-order valence-corrected chi connectivity index (χ4v) is 4.58. The third-order valence-electron chi connectivity index (χ3n) is 3.90. The second-order valence-corrected chi connectivity index (χ2v) is 7.58. The van der Waals surface area contributed by atoms with Crippen molar-refractivity contribution < 1.29 is 18.2 Å². The van der Waals surface area contributed by atoms with Crippen molar-refractivity contribution in [3.63, 3.8) is 0 Å². The Morgan fingerprint density at radius 2 is 1.76 bits per heavy atom. The Balaban J connectivity index is 0.00000225. The van der Waals surface area contributed by atoms with E-state index in [1.54, 1.807) is 36.4 Å². The summed E-state index contributed by atoms with van der Waals surface area (Å²) in [4.78, 5) is 0. The molecule has 0 spiro atoms. The van der Waals surface area contributed by atoms with Crippen molar-refractivity contribution in [2.45, 2.75) is 18.3 Å². The van der Waals surface area contributed by atoms with Crippen molar-refractivity contribution in [3.8, 4) is 5.75 Å². The molecule has 3 rings (SSSR count). The Kier molecular flexibility index (Phi) is 6.53. The maximum Gasteiger partial charge on any atom is 0.206 e. The molecule has 1 heterocycles. The SMILES string of the molecule is CNCCCC1Oc2ccccc2N(c2ccccc2F)S1(O)O.Cl. The van der Waals surface area contributed by atoms with Crippen LogP contribution in [0, 0.1) is 5.82 Å². The molecule has 0 amide bonds. The summed E-state index contributed by atoms with van der Waals surface area (Å²) >= 11 is 0. The predicted molar refractivity (Wildman–Crippen MR) is 103 cm³/mol. The van der Waals surface area contributed by atoms with Crippen molar-refractivity contribution in [1.82, 2.24) is 5.32 Å². The van der Waals surface area contributed by atoms with Crippen LogP contribution in [0.4, 0.5) is 15.8 Å². The molecule has 3 N–H and O–H groups in total. The average molecular weight is 389 g/mol. The molecule has 1 aliphatic heterocycles. The Hall–Kier alpha value is -1.51. The Labute approximate surface area is 154 Å². The monoisotopic (exact) mass is 388 g/mol. The first-order valence-electron chi connectivity index (χ1n) is 7.78. The number of nitrogens with one attached hydrogen (secondary N) is 1. The molecule has 1 unspecified atom stereocenters. The van der Waals surface area contributed by atoms with E-state index in [2.05, 4.69) is 5.32 Å². The summed E-state index contributed by atoms with van der Waals surface area (Å²) in [6, 6.07) is 13.1. The maximum atomic E-state index is 14.3. The molecule has 0 aliphatic carbocycles. The van der Waals surface area contributed by atoms with Crippen LogP contribution in [0.1, 0.15) is 12.8 Å². The molecule has 1 atom stereocenters. The molecule has 8 heteroatoms. The van der Waals surface area contributed by atoms with Crippen LogP contribution in [0.5, 0.6) is 5.75 Å². The second kappa shape index (κ2) is 8.25. The lowest BCUT2D eigenvalue weighted by Gasteiger charge is -2.51. The zero-order valence-electron chi connectivity index (χ0n) is 13.8. The zero-order chi connectivity index (χ0) is 17.2. The van der Waals surface area contributed by atoms with Crippen LogP contribution in [0.2, 0.25) is 0 Å². The van der Waals surface area contributed by atoms with Crippen LogP contribution in [-0.4, -0.2) is 28.1 Å². The highest BCUT2D eigenvalue weighted by Crippen LogP contribution is 2.61. The molecule has 5 nitrogen and oxygen atoms in total. The van der Waals surface area contributed by atoms with Gasteiger partial charge in [-0.2, -0.15) is 0 Å². The zero-order valence-corrected chi connectivity index (χ0v) is 15.4. The van der Waals surface area contributed by atoms with Crippen LogP contribution in [0.25, 0.3) is 0 Å². The number of hydrogen-bond donors (Lipinski definition) is 3. The van der Waals surface area contributed by atoms with Gasteiger partial charge in [-0.25, -0.2) is 8.70 Å². The van der Waals surface area contributed by atoms with E-state index in [1.165, 1.54) is 16.4 Å². The summed E-state index contributed by atoms with van der Waals surface area (Å²) in [5, 5.41) is 3.02. The van der Waals surface area contributed by atoms with E-state index in [0.29, 0.717) is 24.3 Å². The molecule has 138 valence electrons. The Morgan fingerprint density at radius 1 is 1.12 bits per heavy atom. The molecule has 0 fully saturated rings. The number of benzene rings is 2. The molecule has 0 bridgehead atoms. The minimum absolute atomic E-state index is 0. The van der Waals surface area contributed by atoms with Gasteiger partial charge in [0.2, 0.25) is 5.44 Å². The van der Waals surface area contributed by atoms with Gasteiger partial charge in [0.1, 0.15) is 17.3 Å². The maximum absolute atomic E-state index is 14.3. The first-order valence-corrected chi connectivity index (χ1v) is 9.34. The number of nitrogens with zero attached hydrogens (tertiary/aromatic N) is 1. The summed E-state index contributed by atoms with van der Waals surface area (Å²) < 4.78 is 43.2. The van der Waals surface area contributed by atoms with Crippen LogP contribution in [0.3, 0.4) is 0 Å². The van der Waals surface area contributed by atoms with Crippen molar-refractivity contribution >= 4 is 34.6 Å². The van der Waals surface area contributed by atoms with E-state index >= 15 is 0 Å². The van der Waals surface area contributed by atoms with E-state index in [4.69, 9.17) is 4.74 Å². The van der Waals surface area contributed by atoms with E-state index in [-0.39, 0.29) is 18.1 Å². The molecule has 0 radical (unpaired) electrons. The van der Waals surface area contributed by atoms with Gasteiger partial charge in [-0.15, -0.1) is 12.4 Å². The van der Waals surface area contributed by atoms with Crippen LogP contribution >= 0.6 is 23.2 Å². The molecule has 1 aliphatic rings. The number of hydrogen-bond acceptors (Lipinski definition) is 5. The molecule has 0 saturated heterocycles. The van der Waals surface area contributed by atoms with Gasteiger partial charge in [0, 0.05) is 6.42 Å². The molecular formula is C17H22ClFN2O3S. The fraction of sp³-hybridized carbons (Fsp3) is 0.294. The van der Waals surface area contributed by atoms with E-state index in [1.807, 2.05) is 7.05 Å². The normalized spacial score (nSPS) is 19.4. The third-order valence-corrected chi connectivity index (χ3v) is 5.87. The summed E-state index contributed by atoms with van der Waals surface area (Å²) in [6.07, 6.45) is 1.16. The Bertz CT molecular complexity index is 720. The van der Waals surface area contributed by atoms with Gasteiger partial charge in [0.25, 0.3) is 0 Å². The lowest BCUT2D eigenvalue weighted by atomic mass is 10.2. The minimum atomic E-state index is -3.39. The number of fused-ring (bicyclic) bond motifs is 1. The van der Waals surface area contributed by atoms with Crippen molar-refractivity contribution in [1.29, 1.82) is 0 Å². The number of rotatable bonds is 5. The van der Waals surface area contributed by atoms with Gasteiger partial charge in [-0.05, 0) is 44.3 Å². The van der Waals surface area contributed by atoms with Crippen molar-refractivity contribution in [2.75, 3.05) is 17.9 Å². The highest BCUT2D eigenvalue weighted by Gasteiger charge is 2.41. The molecule has 0 aromatic heterocycles.